The fourth-order valence-corrected chi connectivity index (χ4v) is 2.91. The van der Waals surface area contributed by atoms with Gasteiger partial charge in [-0.15, -0.1) is 11.3 Å². The summed E-state index contributed by atoms with van der Waals surface area (Å²) < 4.78 is 0. The van der Waals surface area contributed by atoms with Crippen molar-refractivity contribution < 1.29 is 5.11 Å². The van der Waals surface area contributed by atoms with Crippen LogP contribution in [-0.4, -0.2) is 17.9 Å². The fourth-order valence-electron chi connectivity index (χ4n) is 2.20. The number of hydrogen-bond acceptors (Lipinski definition) is 3. The van der Waals surface area contributed by atoms with Gasteiger partial charge < -0.3 is 5.11 Å². The van der Waals surface area contributed by atoms with E-state index in [4.69, 9.17) is 0 Å². The quantitative estimate of drug-likeness (QED) is 0.818. The molecule has 1 aromatic rings. The van der Waals surface area contributed by atoms with E-state index in [1.54, 1.807) is 18.3 Å². The van der Waals surface area contributed by atoms with Crippen molar-refractivity contribution in [3.05, 3.63) is 63.4 Å². The lowest BCUT2D eigenvalue weighted by Crippen LogP contribution is -2.07. The van der Waals surface area contributed by atoms with E-state index in [0.29, 0.717) is 0 Å². The second kappa shape index (κ2) is 6.64. The first-order valence-electron chi connectivity index (χ1n) is 6.60. The summed E-state index contributed by atoms with van der Waals surface area (Å²) in [6, 6.07) is 4.00. The molecule has 1 N–H and O–H groups in total. The monoisotopic (exact) mass is 285 g/mol. The van der Waals surface area contributed by atoms with E-state index in [2.05, 4.69) is 36.9 Å². The predicted octanol–water partition coefficient (Wildman–Crippen LogP) is 4.37. The Bertz CT molecular complexity index is 601. The summed E-state index contributed by atoms with van der Waals surface area (Å²) in [5, 5.41) is 12.1. The molecule has 3 heteroatoms. The number of hydrogen-bond donors (Lipinski definition) is 1. The van der Waals surface area contributed by atoms with Crippen molar-refractivity contribution in [1.29, 1.82) is 0 Å². The number of nitrogens with zero attached hydrogens (tertiary/aromatic N) is 1. The van der Waals surface area contributed by atoms with Gasteiger partial charge >= 0.3 is 0 Å². The molecule has 0 spiro atoms. The summed E-state index contributed by atoms with van der Waals surface area (Å²) in [7, 11) is 0. The van der Waals surface area contributed by atoms with E-state index in [-0.39, 0.29) is 0 Å². The first kappa shape index (κ1) is 14.7. The van der Waals surface area contributed by atoms with Gasteiger partial charge in [-0.05, 0) is 55.7 Å². The van der Waals surface area contributed by atoms with Crippen LogP contribution in [0.4, 0.5) is 0 Å². The topological polar surface area (TPSA) is 32.6 Å². The molecule has 0 aromatic carbocycles. The average molecular weight is 285 g/mol. The molecular weight excluding hydrogens is 266 g/mol. The fraction of sp³-hybridized carbons (Fsp3) is 0.235. The third kappa shape index (κ3) is 3.44. The van der Waals surface area contributed by atoms with Gasteiger partial charge in [0.1, 0.15) is 0 Å². The Morgan fingerprint density at radius 2 is 2.35 bits per heavy atom. The van der Waals surface area contributed by atoms with Gasteiger partial charge in [0.25, 0.3) is 0 Å². The Balaban J connectivity index is 2.47. The van der Waals surface area contributed by atoms with Crippen molar-refractivity contribution in [2.24, 2.45) is 4.99 Å². The van der Waals surface area contributed by atoms with E-state index in [0.717, 1.165) is 28.1 Å². The third-order valence-corrected chi connectivity index (χ3v) is 4.07. The molecule has 1 aliphatic carbocycles. The first-order chi connectivity index (χ1) is 9.61. The minimum atomic E-state index is -0.530. The summed E-state index contributed by atoms with van der Waals surface area (Å²) in [6.07, 6.45) is 8.59. The van der Waals surface area contributed by atoms with Gasteiger partial charge in [-0.2, -0.15) is 0 Å². The van der Waals surface area contributed by atoms with Crippen molar-refractivity contribution in [2.75, 3.05) is 0 Å². The maximum absolute atomic E-state index is 10.1. The Morgan fingerprint density at radius 1 is 1.55 bits per heavy atom. The van der Waals surface area contributed by atoms with Crippen LogP contribution in [-0.2, 0) is 0 Å². The van der Waals surface area contributed by atoms with E-state index in [1.165, 1.54) is 5.57 Å². The highest BCUT2D eigenvalue weighted by Gasteiger charge is 2.12. The molecule has 0 amide bonds. The normalized spacial score (nSPS) is 19.6. The molecular formula is C17H19NOS. The Morgan fingerprint density at radius 3 is 2.90 bits per heavy atom. The highest BCUT2D eigenvalue weighted by molar-refractivity contribution is 7.11. The van der Waals surface area contributed by atoms with Crippen molar-refractivity contribution in [3.63, 3.8) is 0 Å². The van der Waals surface area contributed by atoms with Crippen LogP contribution in [0.3, 0.4) is 0 Å². The molecule has 2 nitrogen and oxygen atoms in total. The van der Waals surface area contributed by atoms with Crippen molar-refractivity contribution in [3.8, 4) is 0 Å². The minimum Gasteiger partial charge on any atom is -0.389 e. The largest absolute Gasteiger partial charge is 0.389 e. The van der Waals surface area contributed by atoms with E-state index < -0.39 is 6.10 Å². The zero-order chi connectivity index (χ0) is 14.5. The second-order valence-corrected chi connectivity index (χ2v) is 5.76. The zero-order valence-corrected chi connectivity index (χ0v) is 12.7. The number of thiophene rings is 1. The highest BCUT2D eigenvalue weighted by atomic mass is 32.1. The van der Waals surface area contributed by atoms with Gasteiger partial charge in [-0.1, -0.05) is 29.9 Å². The molecule has 0 saturated carbocycles. The molecule has 0 saturated heterocycles. The summed E-state index contributed by atoms with van der Waals surface area (Å²) in [4.78, 5) is 5.17. The third-order valence-electron chi connectivity index (χ3n) is 3.18. The minimum absolute atomic E-state index is 0.530. The van der Waals surface area contributed by atoms with Gasteiger partial charge in [0.15, 0.2) is 0 Å². The molecule has 1 unspecified atom stereocenters. The van der Waals surface area contributed by atoms with Crippen LogP contribution < -0.4 is 0 Å². The average Bonchev–Trinajstić information content (AvgIpc) is 2.93. The zero-order valence-electron chi connectivity index (χ0n) is 11.8. The Kier molecular flexibility index (Phi) is 4.88. The van der Waals surface area contributed by atoms with Crippen molar-refractivity contribution in [2.45, 2.75) is 26.4 Å². The Labute approximate surface area is 124 Å². The van der Waals surface area contributed by atoms with Gasteiger partial charge in [-0.3, -0.25) is 4.99 Å². The Hall–Kier alpha value is -1.71. The maximum atomic E-state index is 10.1. The standard InChI is InChI=1S/C17H19NOS/c1-12-6-4-7-14(10-12)15(13(2)19)11-16(18-3)17-8-5-9-20-17/h4-6,8-11,13,19H,3,7H2,1-2H3/b15-14-,16-11-. The highest BCUT2D eigenvalue weighted by Crippen LogP contribution is 2.27. The molecule has 20 heavy (non-hydrogen) atoms. The van der Waals surface area contributed by atoms with Gasteiger partial charge in [0, 0.05) is 0 Å². The van der Waals surface area contributed by atoms with Crippen LogP contribution in [0.5, 0.6) is 0 Å². The lowest BCUT2D eigenvalue weighted by Gasteiger charge is -2.15. The molecule has 0 radical (unpaired) electrons. The lowest BCUT2D eigenvalue weighted by molar-refractivity contribution is 0.234. The smallest absolute Gasteiger partial charge is 0.0798 e. The lowest BCUT2D eigenvalue weighted by atomic mass is 9.94. The number of allylic oxidation sites excluding steroid dienone is 5. The van der Waals surface area contributed by atoms with Gasteiger partial charge in [0.2, 0.25) is 0 Å². The van der Waals surface area contributed by atoms with E-state index >= 15 is 0 Å². The number of aliphatic imine (C=N–C) groups is 1. The molecule has 0 fully saturated rings. The summed E-state index contributed by atoms with van der Waals surface area (Å²) in [6.45, 7) is 7.49. The van der Waals surface area contributed by atoms with Crippen LogP contribution in [0.2, 0.25) is 0 Å². The van der Waals surface area contributed by atoms with Crippen LogP contribution in [0, 0.1) is 0 Å². The van der Waals surface area contributed by atoms with E-state index in [1.807, 2.05) is 23.6 Å². The van der Waals surface area contributed by atoms with Crippen LogP contribution >= 0.6 is 11.3 Å². The number of aliphatic hydroxyl groups is 1. The first-order valence-corrected chi connectivity index (χ1v) is 7.48. The van der Waals surface area contributed by atoms with Crippen LogP contribution in [0.25, 0.3) is 5.70 Å². The molecule has 1 aliphatic rings. The van der Waals surface area contributed by atoms with Gasteiger partial charge in [-0.25, -0.2) is 0 Å². The molecule has 2 rings (SSSR count). The molecule has 0 aliphatic heterocycles. The van der Waals surface area contributed by atoms with Crippen molar-refractivity contribution in [1.82, 2.24) is 0 Å². The molecule has 0 bridgehead atoms. The number of rotatable bonds is 4. The maximum Gasteiger partial charge on any atom is 0.0798 e. The summed E-state index contributed by atoms with van der Waals surface area (Å²) >= 11 is 1.62. The van der Waals surface area contributed by atoms with Crippen LogP contribution in [0.15, 0.2) is 63.5 Å². The second-order valence-electron chi connectivity index (χ2n) is 4.82. The predicted molar refractivity (Wildman–Crippen MR) is 88.1 cm³/mol. The summed E-state index contributed by atoms with van der Waals surface area (Å²) in [5.74, 6) is 0. The molecule has 1 atom stereocenters. The number of aliphatic hydroxyl groups excluding tert-OH is 1. The van der Waals surface area contributed by atoms with E-state index in [9.17, 15) is 5.11 Å². The molecule has 1 heterocycles. The molecule has 1 aromatic heterocycles. The van der Waals surface area contributed by atoms with Crippen LogP contribution in [0.1, 0.15) is 25.1 Å². The van der Waals surface area contributed by atoms with Gasteiger partial charge in [0.05, 0.1) is 16.7 Å². The SMILES string of the molecule is C=N/C(=C\C(=C1\C=C(C)C=CC1)C(C)O)c1cccs1. The molecule has 104 valence electrons. The van der Waals surface area contributed by atoms with Crippen molar-refractivity contribution >= 4 is 23.8 Å². The summed E-state index contributed by atoms with van der Waals surface area (Å²) in [5.41, 5.74) is 4.05.